The second-order valence-electron chi connectivity index (χ2n) is 10.1. The summed E-state index contributed by atoms with van der Waals surface area (Å²) in [6, 6.07) is 15.9. The molecule has 222 valence electrons. The minimum absolute atomic E-state index is 0.142. The molecule has 1 aromatic heterocycles. The molecule has 0 saturated carbocycles. The fourth-order valence-corrected chi connectivity index (χ4v) is 5.39. The molecule has 1 saturated heterocycles. The van der Waals surface area contributed by atoms with Crippen LogP contribution in [0.1, 0.15) is 36.5 Å². The number of anilines is 2. The third kappa shape index (κ3) is 6.88. The van der Waals surface area contributed by atoms with Gasteiger partial charge in [-0.25, -0.2) is 14.5 Å². The van der Waals surface area contributed by atoms with Crippen LogP contribution in [0.5, 0.6) is 5.75 Å². The Balaban J connectivity index is 1.33. The van der Waals surface area contributed by atoms with Crippen LogP contribution >= 0.6 is 11.8 Å². The van der Waals surface area contributed by atoms with Crippen molar-refractivity contribution in [3.8, 4) is 22.8 Å². The lowest BCUT2D eigenvalue weighted by atomic mass is 9.99. The number of nitrogens with one attached hydrogen (secondary N) is 1. The number of hydrogen-bond donors (Lipinski definition) is 1. The number of aliphatic imine (C=N–C) groups is 1. The lowest BCUT2D eigenvalue weighted by Gasteiger charge is -2.22. The predicted octanol–water partition coefficient (Wildman–Crippen LogP) is 7.24. The molecule has 1 aliphatic heterocycles. The molecule has 5 rings (SSSR count). The number of thioether (sulfide) groups is 1. The zero-order chi connectivity index (χ0) is 30.9. The van der Waals surface area contributed by atoms with Gasteiger partial charge in [-0.1, -0.05) is 43.8 Å². The summed E-state index contributed by atoms with van der Waals surface area (Å²) >= 11 is 1.21. The van der Waals surface area contributed by atoms with Crippen molar-refractivity contribution in [3.63, 3.8) is 0 Å². The highest BCUT2D eigenvalue weighted by Crippen LogP contribution is 2.34. The molecule has 9 nitrogen and oxygen atoms in total. The highest BCUT2D eigenvalue weighted by atomic mass is 32.2. The second-order valence-corrected chi connectivity index (χ2v) is 11.1. The van der Waals surface area contributed by atoms with E-state index in [0.29, 0.717) is 33.5 Å². The minimum Gasteiger partial charge on any atom is -0.406 e. The first-order valence-corrected chi connectivity index (χ1v) is 14.2. The molecule has 2 heterocycles. The lowest BCUT2D eigenvalue weighted by molar-refractivity contribution is -0.274. The number of aromatic nitrogens is 3. The Hall–Kier alpha value is -4.65. The van der Waals surface area contributed by atoms with Crippen molar-refractivity contribution >= 4 is 40.2 Å². The van der Waals surface area contributed by atoms with Crippen molar-refractivity contribution in [3.05, 3.63) is 83.7 Å². The maximum atomic E-state index is 13.0. The largest absolute Gasteiger partial charge is 0.573 e. The molecule has 4 aromatic rings. The molecule has 3 amide bonds. The molecule has 1 N–H and O–H groups in total. The van der Waals surface area contributed by atoms with E-state index in [0.717, 1.165) is 16.8 Å². The van der Waals surface area contributed by atoms with Crippen LogP contribution in [0.3, 0.4) is 0 Å². The van der Waals surface area contributed by atoms with E-state index in [1.807, 2.05) is 39.0 Å². The van der Waals surface area contributed by atoms with Crippen LogP contribution < -0.4 is 15.0 Å². The number of benzene rings is 3. The number of urea groups is 1. The van der Waals surface area contributed by atoms with Gasteiger partial charge in [-0.2, -0.15) is 4.99 Å². The van der Waals surface area contributed by atoms with Crippen molar-refractivity contribution in [2.45, 2.75) is 40.0 Å². The number of ether oxygens (including phenoxy) is 1. The number of nitrogens with zero attached hydrogens (tertiary/aromatic N) is 5. The SMILES string of the molecule is Cc1ccc(C(C)C)c(N2C(=O)CS/C2=N\C(=O)Nc2ccc(-c3ncn(-c4cccc(OC(F)(F)F)c4)n3)cc2C)c1. The highest BCUT2D eigenvalue weighted by Gasteiger charge is 2.33. The van der Waals surface area contributed by atoms with Gasteiger partial charge in [-0.15, -0.1) is 18.3 Å². The Kier molecular flexibility index (Phi) is 8.27. The fraction of sp³-hybridized carbons (Fsp3) is 0.233. The molecule has 0 atom stereocenters. The van der Waals surface area contributed by atoms with Gasteiger partial charge in [0.15, 0.2) is 11.0 Å². The summed E-state index contributed by atoms with van der Waals surface area (Å²) in [5, 5.41) is 7.46. The summed E-state index contributed by atoms with van der Waals surface area (Å²) in [6.07, 6.45) is -3.42. The van der Waals surface area contributed by atoms with Crippen molar-refractivity contribution < 1.29 is 27.5 Å². The van der Waals surface area contributed by atoms with E-state index in [9.17, 15) is 22.8 Å². The first-order valence-electron chi connectivity index (χ1n) is 13.2. The molecule has 0 radical (unpaired) electrons. The molecule has 13 heteroatoms. The third-order valence-electron chi connectivity index (χ3n) is 6.55. The molecule has 0 aliphatic carbocycles. The van der Waals surface area contributed by atoms with E-state index >= 15 is 0 Å². The van der Waals surface area contributed by atoms with E-state index in [-0.39, 0.29) is 23.3 Å². The van der Waals surface area contributed by atoms with Gasteiger partial charge in [0, 0.05) is 17.3 Å². The quantitative estimate of drug-likeness (QED) is 0.248. The van der Waals surface area contributed by atoms with Crippen molar-refractivity contribution in [2.75, 3.05) is 16.0 Å². The Bertz CT molecular complexity index is 1730. The van der Waals surface area contributed by atoms with Gasteiger partial charge in [0.1, 0.15) is 12.1 Å². The van der Waals surface area contributed by atoms with Gasteiger partial charge >= 0.3 is 12.4 Å². The van der Waals surface area contributed by atoms with Crippen molar-refractivity contribution in [1.29, 1.82) is 0 Å². The average molecular weight is 609 g/mol. The van der Waals surface area contributed by atoms with Crippen LogP contribution in [0, 0.1) is 13.8 Å². The number of alkyl halides is 3. The topological polar surface area (TPSA) is 102 Å². The fourth-order valence-electron chi connectivity index (χ4n) is 4.53. The minimum atomic E-state index is -4.81. The van der Waals surface area contributed by atoms with Crippen LogP contribution in [0.25, 0.3) is 17.1 Å². The predicted molar refractivity (Wildman–Crippen MR) is 160 cm³/mol. The number of hydrogen-bond acceptors (Lipinski definition) is 6. The van der Waals surface area contributed by atoms with Gasteiger partial charge in [-0.3, -0.25) is 9.69 Å². The highest BCUT2D eigenvalue weighted by molar-refractivity contribution is 8.15. The summed E-state index contributed by atoms with van der Waals surface area (Å²) in [4.78, 5) is 35.8. The molecular formula is C30H27F3N6O3S. The Morgan fingerprint density at radius 2 is 1.88 bits per heavy atom. The molecule has 0 spiro atoms. The van der Waals surface area contributed by atoms with Crippen molar-refractivity contribution in [1.82, 2.24) is 14.8 Å². The van der Waals surface area contributed by atoms with E-state index in [1.165, 1.54) is 45.9 Å². The summed E-state index contributed by atoms with van der Waals surface area (Å²) in [5.74, 6) is 0.170. The number of amidine groups is 1. The van der Waals surface area contributed by atoms with Crippen LogP contribution in [0.15, 0.2) is 72.0 Å². The number of rotatable bonds is 6. The second kappa shape index (κ2) is 11.9. The number of amides is 3. The Morgan fingerprint density at radius 3 is 2.60 bits per heavy atom. The van der Waals surface area contributed by atoms with Crippen molar-refractivity contribution in [2.24, 2.45) is 4.99 Å². The molecule has 0 bridgehead atoms. The van der Waals surface area contributed by atoms with Gasteiger partial charge in [0.05, 0.1) is 17.1 Å². The van der Waals surface area contributed by atoms with Gasteiger partial charge < -0.3 is 10.1 Å². The molecule has 3 aromatic carbocycles. The van der Waals surface area contributed by atoms with E-state index in [1.54, 1.807) is 31.2 Å². The molecular weight excluding hydrogens is 581 g/mol. The van der Waals surface area contributed by atoms with Gasteiger partial charge in [-0.05, 0) is 72.9 Å². The molecule has 1 aliphatic rings. The average Bonchev–Trinajstić information content (AvgIpc) is 3.56. The van der Waals surface area contributed by atoms with Gasteiger partial charge in [0.2, 0.25) is 5.91 Å². The summed E-state index contributed by atoms with van der Waals surface area (Å²) in [6.45, 7) is 7.83. The van der Waals surface area contributed by atoms with Crippen LogP contribution in [0.2, 0.25) is 0 Å². The van der Waals surface area contributed by atoms with Crippen LogP contribution in [-0.4, -0.2) is 44.0 Å². The monoisotopic (exact) mass is 608 g/mol. The summed E-state index contributed by atoms with van der Waals surface area (Å²) < 4.78 is 43.1. The van der Waals surface area contributed by atoms with E-state index in [2.05, 4.69) is 25.1 Å². The summed E-state index contributed by atoms with van der Waals surface area (Å²) in [7, 11) is 0. The first-order chi connectivity index (χ1) is 20.4. The van der Waals surface area contributed by atoms with Gasteiger partial charge in [0.25, 0.3) is 0 Å². The lowest BCUT2D eigenvalue weighted by Crippen LogP contribution is -2.31. The van der Waals surface area contributed by atoms with Crippen LogP contribution in [0.4, 0.5) is 29.3 Å². The zero-order valence-electron chi connectivity index (χ0n) is 23.6. The number of halogens is 3. The number of carbonyl (C=O) groups is 2. The number of aryl methyl sites for hydroxylation is 2. The standard InChI is InChI=1S/C30H27F3N6O3S/c1-17(2)23-10-8-18(3)12-25(23)39-26(40)15-43-29(39)36-28(41)35-24-11-9-20(13-19(24)4)27-34-16-38(37-27)21-6-5-7-22(14-21)42-30(31,32)33/h5-14,16-17H,15H2,1-4H3,(H,35,41)/b36-29-. The molecule has 43 heavy (non-hydrogen) atoms. The number of carbonyl (C=O) groups excluding carboxylic acids is 2. The summed E-state index contributed by atoms with van der Waals surface area (Å²) in [5.41, 5.74) is 4.88. The normalized spacial score (nSPS) is 14.6. The van der Waals surface area contributed by atoms with Crippen LogP contribution in [-0.2, 0) is 4.79 Å². The smallest absolute Gasteiger partial charge is 0.406 e. The third-order valence-corrected chi connectivity index (χ3v) is 7.47. The van der Waals surface area contributed by atoms with E-state index < -0.39 is 12.4 Å². The Labute approximate surface area is 249 Å². The molecule has 1 fully saturated rings. The molecule has 0 unspecified atom stereocenters. The van der Waals surface area contributed by atoms with E-state index in [4.69, 9.17) is 0 Å². The maximum absolute atomic E-state index is 13.0. The maximum Gasteiger partial charge on any atom is 0.573 e. The Morgan fingerprint density at radius 1 is 1.09 bits per heavy atom. The zero-order valence-corrected chi connectivity index (χ0v) is 24.5. The first kappa shape index (κ1) is 29.8.